The highest BCUT2D eigenvalue weighted by molar-refractivity contribution is 5.76. The minimum absolute atomic E-state index is 0.0117. The van der Waals surface area contributed by atoms with Crippen molar-refractivity contribution in [3.05, 3.63) is 34.4 Å². The number of non-ortho nitro benzene ring substituents is 1. The highest BCUT2D eigenvalue weighted by atomic mass is 16.8. The molecule has 0 aliphatic carbocycles. The van der Waals surface area contributed by atoms with Crippen LogP contribution in [0.15, 0.2) is 24.3 Å². The smallest absolute Gasteiger partial charge is 0.481 e. The van der Waals surface area contributed by atoms with Crippen LogP contribution in [0.3, 0.4) is 0 Å². The number of carbonyl (C=O) groups is 3. The first kappa shape index (κ1) is 18.9. The zero-order valence-electron chi connectivity index (χ0n) is 12.7. The maximum atomic E-state index is 11.6. The van der Waals surface area contributed by atoms with E-state index in [1.54, 1.807) is 6.92 Å². The van der Waals surface area contributed by atoms with E-state index in [9.17, 15) is 24.5 Å². The SMILES string of the molecule is CCC(OC(=O)CCC(=O)O)OC(=O)Oc1ccc([N+](=O)[O-])cc1. The highest BCUT2D eigenvalue weighted by Gasteiger charge is 2.19. The maximum Gasteiger partial charge on any atom is 0.516 e. The van der Waals surface area contributed by atoms with E-state index in [-0.39, 0.29) is 24.3 Å². The standard InChI is InChI=1S/C14H15NO9/c1-2-13(23-12(18)8-7-11(16)17)24-14(19)22-10-5-3-9(4-6-10)15(20)21/h3-6,13H,2,7-8H2,1H3,(H,16,17). The molecule has 1 rings (SSSR count). The normalized spacial score (nSPS) is 11.2. The van der Waals surface area contributed by atoms with Crippen LogP contribution in [-0.4, -0.2) is 34.4 Å². The van der Waals surface area contributed by atoms with Crippen LogP contribution in [0.2, 0.25) is 0 Å². The van der Waals surface area contributed by atoms with Crippen molar-refractivity contribution in [1.82, 2.24) is 0 Å². The van der Waals surface area contributed by atoms with Crippen molar-refractivity contribution in [3.8, 4) is 5.75 Å². The van der Waals surface area contributed by atoms with E-state index in [2.05, 4.69) is 0 Å². The molecule has 1 aromatic carbocycles. The third kappa shape index (κ3) is 6.73. The van der Waals surface area contributed by atoms with Crippen LogP contribution in [0.25, 0.3) is 0 Å². The molecular weight excluding hydrogens is 326 g/mol. The first-order chi connectivity index (χ1) is 11.3. The molecule has 24 heavy (non-hydrogen) atoms. The monoisotopic (exact) mass is 341 g/mol. The summed E-state index contributed by atoms with van der Waals surface area (Å²) >= 11 is 0. The second-order valence-corrected chi connectivity index (χ2v) is 4.44. The molecule has 1 N–H and O–H groups in total. The van der Waals surface area contributed by atoms with Crippen molar-refractivity contribution in [2.24, 2.45) is 0 Å². The molecule has 1 atom stereocenters. The number of carbonyl (C=O) groups excluding carboxylic acids is 2. The minimum atomic E-state index is -1.23. The minimum Gasteiger partial charge on any atom is -0.481 e. The number of nitrogens with zero attached hydrogens (tertiary/aromatic N) is 1. The van der Waals surface area contributed by atoms with Gasteiger partial charge in [-0.25, -0.2) is 4.79 Å². The number of hydrogen-bond donors (Lipinski definition) is 1. The second-order valence-electron chi connectivity index (χ2n) is 4.44. The molecule has 0 amide bonds. The van der Waals surface area contributed by atoms with Gasteiger partial charge in [-0.2, -0.15) is 0 Å². The molecule has 1 aromatic rings. The molecule has 0 aromatic heterocycles. The third-order valence-electron chi connectivity index (χ3n) is 2.62. The predicted molar refractivity (Wildman–Crippen MR) is 77.2 cm³/mol. The first-order valence-corrected chi connectivity index (χ1v) is 6.86. The Morgan fingerprint density at radius 1 is 1.17 bits per heavy atom. The number of esters is 1. The Kier molecular flexibility index (Phi) is 7.14. The molecule has 0 aliphatic heterocycles. The van der Waals surface area contributed by atoms with Crippen LogP contribution < -0.4 is 4.74 Å². The molecule has 0 spiro atoms. The average molecular weight is 341 g/mol. The molecule has 0 saturated carbocycles. The number of carboxylic acids is 1. The summed E-state index contributed by atoms with van der Waals surface area (Å²) in [6, 6.07) is 4.70. The number of aliphatic carboxylic acids is 1. The Labute approximate surface area is 136 Å². The molecule has 130 valence electrons. The lowest BCUT2D eigenvalue weighted by atomic mass is 10.3. The third-order valence-corrected chi connectivity index (χ3v) is 2.62. The molecular formula is C14H15NO9. The van der Waals surface area contributed by atoms with Gasteiger partial charge in [-0.05, 0) is 12.1 Å². The van der Waals surface area contributed by atoms with Gasteiger partial charge in [0.2, 0.25) is 0 Å². The van der Waals surface area contributed by atoms with Crippen molar-refractivity contribution in [3.63, 3.8) is 0 Å². The fourth-order valence-corrected chi connectivity index (χ4v) is 1.47. The van der Waals surface area contributed by atoms with Gasteiger partial charge in [0.1, 0.15) is 5.75 Å². The van der Waals surface area contributed by atoms with Crippen molar-refractivity contribution >= 4 is 23.8 Å². The Morgan fingerprint density at radius 3 is 2.29 bits per heavy atom. The van der Waals surface area contributed by atoms with Gasteiger partial charge < -0.3 is 19.3 Å². The molecule has 0 saturated heterocycles. The summed E-state index contributed by atoms with van der Waals surface area (Å²) in [5, 5.41) is 19.0. The summed E-state index contributed by atoms with van der Waals surface area (Å²) in [4.78, 5) is 43.2. The lowest BCUT2D eigenvalue weighted by Gasteiger charge is -2.16. The van der Waals surface area contributed by atoms with Gasteiger partial charge in [-0.3, -0.25) is 19.7 Å². The number of benzene rings is 1. The summed E-state index contributed by atoms with van der Waals surface area (Å²) in [5.41, 5.74) is -0.172. The summed E-state index contributed by atoms with van der Waals surface area (Å²) in [7, 11) is 0. The fourth-order valence-electron chi connectivity index (χ4n) is 1.47. The molecule has 0 bridgehead atoms. The average Bonchev–Trinajstić information content (AvgIpc) is 2.52. The van der Waals surface area contributed by atoms with Crippen LogP contribution in [0, 0.1) is 10.1 Å². The number of ether oxygens (including phenoxy) is 3. The molecule has 1 unspecified atom stereocenters. The van der Waals surface area contributed by atoms with E-state index in [0.717, 1.165) is 12.1 Å². The van der Waals surface area contributed by atoms with Crippen LogP contribution in [-0.2, 0) is 19.1 Å². The van der Waals surface area contributed by atoms with Gasteiger partial charge in [0, 0.05) is 18.6 Å². The van der Waals surface area contributed by atoms with Gasteiger partial charge in [0.15, 0.2) is 0 Å². The number of rotatable bonds is 8. The highest BCUT2D eigenvalue weighted by Crippen LogP contribution is 2.18. The van der Waals surface area contributed by atoms with Crippen LogP contribution in [0.5, 0.6) is 5.75 Å². The summed E-state index contributed by atoms with van der Waals surface area (Å²) < 4.78 is 14.4. The van der Waals surface area contributed by atoms with E-state index in [1.807, 2.05) is 0 Å². The Bertz CT molecular complexity index is 611. The van der Waals surface area contributed by atoms with E-state index in [0.29, 0.717) is 0 Å². The largest absolute Gasteiger partial charge is 0.516 e. The fraction of sp³-hybridized carbons (Fsp3) is 0.357. The van der Waals surface area contributed by atoms with Crippen molar-refractivity contribution in [2.45, 2.75) is 32.5 Å². The van der Waals surface area contributed by atoms with Crippen LogP contribution in [0.1, 0.15) is 26.2 Å². The van der Waals surface area contributed by atoms with Gasteiger partial charge >= 0.3 is 18.1 Å². The summed E-state index contributed by atoms with van der Waals surface area (Å²) in [6.07, 6.45) is -3.01. The predicted octanol–water partition coefficient (Wildman–Crippen LogP) is 2.25. The Balaban J connectivity index is 2.50. The lowest BCUT2D eigenvalue weighted by molar-refractivity contribution is -0.384. The van der Waals surface area contributed by atoms with Gasteiger partial charge in [-0.15, -0.1) is 0 Å². The van der Waals surface area contributed by atoms with Crippen molar-refractivity contribution in [2.75, 3.05) is 0 Å². The second kappa shape index (κ2) is 9.08. The number of nitro groups is 1. The zero-order chi connectivity index (χ0) is 18.1. The van der Waals surface area contributed by atoms with E-state index in [1.165, 1.54) is 12.1 Å². The maximum absolute atomic E-state index is 11.6. The lowest BCUT2D eigenvalue weighted by Crippen LogP contribution is -2.26. The molecule has 10 nitrogen and oxygen atoms in total. The first-order valence-electron chi connectivity index (χ1n) is 6.86. The van der Waals surface area contributed by atoms with Crippen LogP contribution in [0.4, 0.5) is 10.5 Å². The van der Waals surface area contributed by atoms with Gasteiger partial charge in [-0.1, -0.05) is 6.92 Å². The van der Waals surface area contributed by atoms with Crippen molar-refractivity contribution in [1.29, 1.82) is 0 Å². The van der Waals surface area contributed by atoms with E-state index < -0.39 is 35.7 Å². The molecule has 0 aliphatic rings. The Hall–Kier alpha value is -3.17. The number of hydrogen-bond acceptors (Lipinski definition) is 8. The van der Waals surface area contributed by atoms with E-state index >= 15 is 0 Å². The van der Waals surface area contributed by atoms with Crippen molar-refractivity contribution < 1.29 is 38.6 Å². The molecule has 10 heteroatoms. The van der Waals surface area contributed by atoms with Gasteiger partial charge in [0.05, 0.1) is 17.8 Å². The van der Waals surface area contributed by atoms with Crippen LogP contribution >= 0.6 is 0 Å². The molecule has 0 fully saturated rings. The molecule has 0 heterocycles. The van der Waals surface area contributed by atoms with E-state index in [4.69, 9.17) is 19.3 Å². The quantitative estimate of drug-likeness (QED) is 0.247. The number of nitro benzene ring substituents is 1. The molecule has 0 radical (unpaired) electrons. The topological polar surface area (TPSA) is 142 Å². The summed E-state index contributed by atoms with van der Waals surface area (Å²) in [6.45, 7) is 1.58. The summed E-state index contributed by atoms with van der Waals surface area (Å²) in [5.74, 6) is -1.97. The zero-order valence-corrected chi connectivity index (χ0v) is 12.7. The Morgan fingerprint density at radius 2 is 1.79 bits per heavy atom. The van der Waals surface area contributed by atoms with Gasteiger partial charge in [0.25, 0.3) is 12.0 Å². The number of carboxylic acid groups (broad SMARTS) is 1.